The minimum atomic E-state index is 1.10. The minimum absolute atomic E-state index is 1.10. The Kier molecular flexibility index (Phi) is 31.7. The van der Waals surface area contributed by atoms with Crippen LogP contribution in [0.2, 0.25) is 0 Å². The number of allylic oxidation sites excluding steroid dienone is 3. The van der Waals surface area contributed by atoms with Crippen LogP contribution in [0, 0.1) is 0 Å². The quantitative estimate of drug-likeness (QED) is 0.0390. The molecule has 0 aliphatic rings. The monoisotopic (exact) mass is 649 g/mol. The summed E-state index contributed by atoms with van der Waals surface area (Å²) in [6.45, 7) is 11.4. The first-order valence-electron chi connectivity index (χ1n) is 21.1. The molecule has 0 atom stereocenters. The summed E-state index contributed by atoms with van der Waals surface area (Å²) in [5.74, 6) is 0. The molecule has 0 heterocycles. The summed E-state index contributed by atoms with van der Waals surface area (Å²) in [6.07, 6.45) is 52.4. The van der Waals surface area contributed by atoms with E-state index >= 15 is 0 Å². The van der Waals surface area contributed by atoms with Gasteiger partial charge in [0.15, 0.2) is 0 Å². The van der Waals surface area contributed by atoms with E-state index in [9.17, 15) is 0 Å². The van der Waals surface area contributed by atoms with Gasteiger partial charge in [-0.1, -0.05) is 204 Å². The highest BCUT2D eigenvalue weighted by Gasteiger charge is 2.24. The molecule has 0 amide bonds. The van der Waals surface area contributed by atoms with Gasteiger partial charge in [-0.3, -0.25) is 0 Å². The Labute approximate surface area is 296 Å². The number of rotatable bonds is 35. The van der Waals surface area contributed by atoms with E-state index in [1.807, 2.05) is 0 Å². The summed E-state index contributed by atoms with van der Waals surface area (Å²) in [7, 11) is 0. The fourth-order valence-corrected chi connectivity index (χ4v) is 6.82. The smallest absolute Gasteiger partial charge is 0.105 e. The van der Waals surface area contributed by atoms with Gasteiger partial charge >= 0.3 is 0 Å². The van der Waals surface area contributed by atoms with E-state index in [1.165, 1.54) is 179 Å². The summed E-state index contributed by atoms with van der Waals surface area (Å²) in [5.41, 5.74) is 1.47. The molecular formula is C46H82N+. The Morgan fingerprint density at radius 1 is 0.362 bits per heavy atom. The van der Waals surface area contributed by atoms with Crippen LogP contribution in [0.15, 0.2) is 66.8 Å². The van der Waals surface area contributed by atoms with Gasteiger partial charge in [-0.25, -0.2) is 0 Å². The standard InChI is InChI=1S/C46H82N/c1-4-7-10-13-16-19-22-25-28-31-37-42-47(45-46-40-35-34-36-41-46,43-38-32-29-26-23-20-17-14-11-8-5-2)44-39-33-30-27-24-21-18-15-12-9-6-3/h31-41H,4-30,42-45H2,1-3H3/q+1/b37-31+,38-32+,39-33+. The lowest BCUT2D eigenvalue weighted by molar-refractivity contribution is -0.925. The third-order valence-corrected chi connectivity index (χ3v) is 10.0. The van der Waals surface area contributed by atoms with Gasteiger partial charge in [-0.2, -0.15) is 0 Å². The number of benzene rings is 1. The number of hydrogen-bond acceptors (Lipinski definition) is 0. The topological polar surface area (TPSA) is 0 Å². The van der Waals surface area contributed by atoms with Gasteiger partial charge < -0.3 is 4.48 Å². The Morgan fingerprint density at radius 3 is 0.979 bits per heavy atom. The summed E-state index contributed by atoms with van der Waals surface area (Å²) in [5, 5.41) is 0. The lowest BCUT2D eigenvalue weighted by atomic mass is 10.1. The molecule has 0 bridgehead atoms. The lowest BCUT2D eigenvalue weighted by Gasteiger charge is -2.36. The van der Waals surface area contributed by atoms with E-state index in [0.717, 1.165) is 30.7 Å². The average molecular weight is 649 g/mol. The van der Waals surface area contributed by atoms with Gasteiger partial charge in [-0.15, -0.1) is 0 Å². The van der Waals surface area contributed by atoms with Crippen LogP contribution in [0.5, 0.6) is 0 Å². The Balaban J connectivity index is 2.70. The van der Waals surface area contributed by atoms with E-state index in [1.54, 1.807) is 0 Å². The molecule has 0 N–H and O–H groups in total. The van der Waals surface area contributed by atoms with Crippen molar-refractivity contribution in [2.75, 3.05) is 19.6 Å². The molecule has 0 aromatic heterocycles. The Morgan fingerprint density at radius 2 is 0.660 bits per heavy atom. The summed E-state index contributed by atoms with van der Waals surface area (Å²) < 4.78 is 1.10. The number of unbranched alkanes of at least 4 members (excludes halogenated alkanes) is 24. The summed E-state index contributed by atoms with van der Waals surface area (Å²) >= 11 is 0. The van der Waals surface area contributed by atoms with Gasteiger partial charge in [0.1, 0.15) is 6.54 Å². The van der Waals surface area contributed by atoms with E-state index in [4.69, 9.17) is 0 Å². The molecule has 0 aliphatic carbocycles. The predicted molar refractivity (Wildman–Crippen MR) is 214 cm³/mol. The second kappa shape index (κ2) is 34.3. The molecule has 1 aromatic carbocycles. The van der Waals surface area contributed by atoms with Gasteiger partial charge in [0.25, 0.3) is 0 Å². The lowest BCUT2D eigenvalue weighted by Crippen LogP contribution is -2.47. The van der Waals surface area contributed by atoms with Crippen molar-refractivity contribution in [2.24, 2.45) is 0 Å². The molecule has 270 valence electrons. The van der Waals surface area contributed by atoms with Gasteiger partial charge in [0, 0.05) is 5.56 Å². The molecule has 0 unspecified atom stereocenters. The SMILES string of the molecule is CCCCCCCCCC/C=C/C[N+](C/C=C/CCCCCCCCCC)(C/C=C/CCCCCCCCCC)Cc1ccccc1. The van der Waals surface area contributed by atoms with Crippen LogP contribution < -0.4 is 0 Å². The van der Waals surface area contributed by atoms with Crippen LogP contribution in [0.25, 0.3) is 0 Å². The molecule has 0 radical (unpaired) electrons. The number of nitrogens with zero attached hydrogens (tertiary/aromatic N) is 1. The van der Waals surface area contributed by atoms with Gasteiger partial charge in [-0.05, 0) is 56.8 Å². The van der Waals surface area contributed by atoms with Crippen molar-refractivity contribution in [1.29, 1.82) is 0 Å². The van der Waals surface area contributed by atoms with Crippen molar-refractivity contribution in [3.05, 3.63) is 72.4 Å². The van der Waals surface area contributed by atoms with Crippen molar-refractivity contribution >= 4 is 0 Å². The third-order valence-electron chi connectivity index (χ3n) is 10.0. The molecule has 47 heavy (non-hydrogen) atoms. The van der Waals surface area contributed by atoms with Crippen LogP contribution in [-0.4, -0.2) is 24.1 Å². The second-order valence-corrected chi connectivity index (χ2v) is 14.7. The molecule has 0 aliphatic heterocycles. The highest BCUT2D eigenvalue weighted by atomic mass is 15.3. The molecule has 1 nitrogen and oxygen atoms in total. The third kappa shape index (κ3) is 28.0. The molecule has 0 spiro atoms. The number of hydrogen-bond donors (Lipinski definition) is 0. The van der Waals surface area contributed by atoms with Crippen LogP contribution in [0.4, 0.5) is 0 Å². The van der Waals surface area contributed by atoms with Crippen LogP contribution >= 0.6 is 0 Å². The summed E-state index contributed by atoms with van der Waals surface area (Å²) in [6, 6.07) is 11.3. The van der Waals surface area contributed by atoms with E-state index < -0.39 is 0 Å². The highest BCUT2D eigenvalue weighted by molar-refractivity contribution is 5.13. The van der Waals surface area contributed by atoms with Crippen molar-refractivity contribution < 1.29 is 4.48 Å². The first kappa shape index (κ1) is 43.4. The van der Waals surface area contributed by atoms with E-state index in [0.29, 0.717) is 0 Å². The molecule has 0 saturated carbocycles. The maximum Gasteiger partial charge on any atom is 0.105 e. The average Bonchev–Trinajstić information content (AvgIpc) is 3.09. The predicted octanol–water partition coefficient (Wildman–Crippen LogP) is 15.3. The second-order valence-electron chi connectivity index (χ2n) is 14.7. The van der Waals surface area contributed by atoms with Crippen molar-refractivity contribution in [3.8, 4) is 0 Å². The fourth-order valence-electron chi connectivity index (χ4n) is 6.82. The van der Waals surface area contributed by atoms with Crippen molar-refractivity contribution in [1.82, 2.24) is 0 Å². The zero-order valence-electron chi connectivity index (χ0n) is 32.2. The Bertz CT molecular complexity index is 755. The fraction of sp³-hybridized carbons (Fsp3) is 0.739. The minimum Gasteiger partial charge on any atom is -0.310 e. The van der Waals surface area contributed by atoms with Crippen LogP contribution in [-0.2, 0) is 6.54 Å². The maximum absolute atomic E-state index is 2.53. The molecular weight excluding hydrogens is 567 g/mol. The summed E-state index contributed by atoms with van der Waals surface area (Å²) in [4.78, 5) is 0. The van der Waals surface area contributed by atoms with Gasteiger partial charge in [0.2, 0.25) is 0 Å². The zero-order chi connectivity index (χ0) is 33.8. The first-order chi connectivity index (χ1) is 23.3. The number of quaternary nitrogens is 1. The molecule has 0 saturated heterocycles. The molecule has 1 heteroatoms. The highest BCUT2D eigenvalue weighted by Crippen LogP contribution is 2.18. The van der Waals surface area contributed by atoms with Crippen molar-refractivity contribution in [2.45, 2.75) is 201 Å². The Hall–Kier alpha value is -1.60. The van der Waals surface area contributed by atoms with Crippen LogP contribution in [0.1, 0.15) is 200 Å². The van der Waals surface area contributed by atoms with Crippen LogP contribution in [0.3, 0.4) is 0 Å². The molecule has 0 fully saturated rings. The first-order valence-corrected chi connectivity index (χ1v) is 21.1. The molecule has 1 aromatic rings. The van der Waals surface area contributed by atoms with E-state index in [-0.39, 0.29) is 0 Å². The zero-order valence-corrected chi connectivity index (χ0v) is 32.2. The normalized spacial score (nSPS) is 12.4. The molecule has 1 rings (SSSR count). The maximum atomic E-state index is 2.53. The largest absolute Gasteiger partial charge is 0.310 e. The van der Waals surface area contributed by atoms with Crippen molar-refractivity contribution in [3.63, 3.8) is 0 Å². The van der Waals surface area contributed by atoms with E-state index in [2.05, 4.69) is 87.6 Å². The van der Waals surface area contributed by atoms with Gasteiger partial charge in [0.05, 0.1) is 19.6 Å².